The molecule has 2 aromatic carbocycles. The van der Waals surface area contributed by atoms with Gasteiger partial charge >= 0.3 is 0 Å². The van der Waals surface area contributed by atoms with Gasteiger partial charge in [-0.25, -0.2) is 0 Å². The molecule has 0 aromatic heterocycles. The molecule has 0 heterocycles. The van der Waals surface area contributed by atoms with E-state index in [1.165, 1.54) is 12.7 Å². The third-order valence-electron chi connectivity index (χ3n) is 3.13. The van der Waals surface area contributed by atoms with Crippen LogP contribution in [0.1, 0.15) is 22.8 Å². The van der Waals surface area contributed by atoms with E-state index < -0.39 is 0 Å². The lowest BCUT2D eigenvalue weighted by atomic mass is 10.1. The number of hydrogen-bond donors (Lipinski definition) is 2. The monoisotopic (exact) mass is 270 g/mol. The summed E-state index contributed by atoms with van der Waals surface area (Å²) in [4.78, 5) is 12.3. The third-order valence-corrected chi connectivity index (χ3v) is 3.13. The fourth-order valence-electron chi connectivity index (χ4n) is 1.98. The number of nitrogen functional groups attached to an aromatic ring is 1. The molecule has 0 radical (unpaired) electrons. The van der Waals surface area contributed by atoms with Crippen LogP contribution in [-0.4, -0.2) is 13.0 Å². The molecule has 1 amide bonds. The molecule has 0 unspecified atom stereocenters. The van der Waals surface area contributed by atoms with Gasteiger partial charge in [0.25, 0.3) is 5.91 Å². The Morgan fingerprint density at radius 3 is 2.50 bits per heavy atom. The fraction of sp³-hybridized carbons (Fsp3) is 0.188. The maximum Gasteiger partial charge on any atom is 0.261 e. The summed E-state index contributed by atoms with van der Waals surface area (Å²) in [5, 5.41) is 2.83. The van der Waals surface area contributed by atoms with E-state index in [-0.39, 0.29) is 5.91 Å². The molecular formula is C16H18N2O2. The molecule has 2 aromatic rings. The largest absolute Gasteiger partial charge is 0.496 e. The van der Waals surface area contributed by atoms with E-state index in [2.05, 4.69) is 12.2 Å². The van der Waals surface area contributed by atoms with Crippen LogP contribution in [0.25, 0.3) is 0 Å². The molecule has 0 saturated heterocycles. The second-order valence-corrected chi connectivity index (χ2v) is 4.43. The molecule has 3 N–H and O–H groups in total. The average molecular weight is 270 g/mol. The van der Waals surface area contributed by atoms with Gasteiger partial charge in [-0.2, -0.15) is 0 Å². The van der Waals surface area contributed by atoms with Gasteiger partial charge in [0.2, 0.25) is 0 Å². The molecule has 0 spiro atoms. The van der Waals surface area contributed by atoms with Crippen LogP contribution in [0.15, 0.2) is 42.5 Å². The van der Waals surface area contributed by atoms with E-state index in [1.54, 1.807) is 18.2 Å². The number of nitrogens with two attached hydrogens (primary N) is 1. The van der Waals surface area contributed by atoms with E-state index in [0.29, 0.717) is 17.0 Å². The Balaban J connectivity index is 2.23. The van der Waals surface area contributed by atoms with Crippen LogP contribution >= 0.6 is 0 Å². The van der Waals surface area contributed by atoms with E-state index in [9.17, 15) is 4.79 Å². The number of carbonyl (C=O) groups excluding carboxylic acids is 1. The summed E-state index contributed by atoms with van der Waals surface area (Å²) >= 11 is 0. The maximum absolute atomic E-state index is 12.3. The van der Waals surface area contributed by atoms with Crippen molar-refractivity contribution in [1.29, 1.82) is 0 Å². The molecule has 104 valence electrons. The lowest BCUT2D eigenvalue weighted by Gasteiger charge is -2.11. The van der Waals surface area contributed by atoms with Crippen molar-refractivity contribution in [2.24, 2.45) is 0 Å². The topological polar surface area (TPSA) is 64.4 Å². The molecule has 0 atom stereocenters. The smallest absolute Gasteiger partial charge is 0.261 e. The van der Waals surface area contributed by atoms with Crippen molar-refractivity contribution in [2.75, 3.05) is 18.2 Å². The summed E-state index contributed by atoms with van der Waals surface area (Å²) in [7, 11) is 1.52. The van der Waals surface area contributed by atoms with Crippen molar-refractivity contribution in [3.8, 4) is 5.75 Å². The number of amides is 1. The van der Waals surface area contributed by atoms with E-state index in [4.69, 9.17) is 10.5 Å². The number of hydrogen-bond acceptors (Lipinski definition) is 3. The zero-order chi connectivity index (χ0) is 14.5. The van der Waals surface area contributed by atoms with Crippen molar-refractivity contribution in [1.82, 2.24) is 0 Å². The number of ether oxygens (including phenoxy) is 1. The van der Waals surface area contributed by atoms with Gasteiger partial charge in [-0.15, -0.1) is 0 Å². The summed E-state index contributed by atoms with van der Waals surface area (Å²) in [6, 6.07) is 12.9. The Hall–Kier alpha value is -2.49. The Morgan fingerprint density at radius 1 is 1.20 bits per heavy atom. The Morgan fingerprint density at radius 2 is 1.90 bits per heavy atom. The highest BCUT2D eigenvalue weighted by Crippen LogP contribution is 2.25. The fourth-order valence-corrected chi connectivity index (χ4v) is 1.98. The number of benzene rings is 2. The normalized spacial score (nSPS) is 10.1. The summed E-state index contributed by atoms with van der Waals surface area (Å²) < 4.78 is 5.18. The van der Waals surface area contributed by atoms with Gasteiger partial charge in [0.05, 0.1) is 7.11 Å². The standard InChI is InChI=1S/C16H18N2O2/c1-3-11-7-9-12(10-8-11)18-16(19)15-13(17)5-4-6-14(15)20-2/h4-10H,3,17H2,1-2H3,(H,18,19). The number of aryl methyl sites for hydroxylation is 1. The number of anilines is 2. The molecule has 20 heavy (non-hydrogen) atoms. The first kappa shape index (κ1) is 13.9. The highest BCUT2D eigenvalue weighted by atomic mass is 16.5. The second kappa shape index (κ2) is 6.10. The number of nitrogens with one attached hydrogen (secondary N) is 1. The van der Waals surface area contributed by atoms with Gasteiger partial charge in [0.15, 0.2) is 0 Å². The van der Waals surface area contributed by atoms with Crippen LogP contribution in [0.2, 0.25) is 0 Å². The predicted octanol–water partition coefficient (Wildman–Crippen LogP) is 3.09. The molecular weight excluding hydrogens is 252 g/mol. The van der Waals surface area contributed by atoms with Gasteiger partial charge in [0.1, 0.15) is 11.3 Å². The lowest BCUT2D eigenvalue weighted by Crippen LogP contribution is -2.15. The summed E-state index contributed by atoms with van der Waals surface area (Å²) in [6.07, 6.45) is 0.966. The van der Waals surface area contributed by atoms with E-state index in [0.717, 1.165) is 12.1 Å². The number of carbonyl (C=O) groups is 1. The molecule has 0 aliphatic heterocycles. The van der Waals surface area contributed by atoms with Crippen molar-refractivity contribution < 1.29 is 9.53 Å². The van der Waals surface area contributed by atoms with Gasteiger partial charge in [0, 0.05) is 11.4 Å². The van der Waals surface area contributed by atoms with Crippen molar-refractivity contribution in [3.05, 3.63) is 53.6 Å². The predicted molar refractivity (Wildman–Crippen MR) is 81.2 cm³/mol. The zero-order valence-electron chi connectivity index (χ0n) is 11.6. The Labute approximate surface area is 118 Å². The lowest BCUT2D eigenvalue weighted by molar-refractivity contribution is 0.102. The van der Waals surface area contributed by atoms with Crippen molar-refractivity contribution >= 4 is 17.3 Å². The number of methoxy groups -OCH3 is 1. The van der Waals surface area contributed by atoms with Gasteiger partial charge in [-0.1, -0.05) is 25.1 Å². The van der Waals surface area contributed by atoms with E-state index in [1.807, 2.05) is 24.3 Å². The van der Waals surface area contributed by atoms with Gasteiger partial charge in [-0.3, -0.25) is 4.79 Å². The van der Waals surface area contributed by atoms with Gasteiger partial charge < -0.3 is 15.8 Å². The Bertz CT molecular complexity index is 606. The van der Waals surface area contributed by atoms with Crippen LogP contribution in [0.4, 0.5) is 11.4 Å². The quantitative estimate of drug-likeness (QED) is 0.839. The summed E-state index contributed by atoms with van der Waals surface area (Å²) in [5.74, 6) is 0.192. The highest BCUT2D eigenvalue weighted by molar-refractivity contribution is 6.09. The van der Waals surface area contributed by atoms with Gasteiger partial charge in [-0.05, 0) is 36.2 Å². The SMILES string of the molecule is CCc1ccc(NC(=O)c2c(N)cccc2OC)cc1. The van der Waals surface area contributed by atoms with Crippen LogP contribution in [-0.2, 0) is 6.42 Å². The summed E-state index contributed by atoms with van der Waals surface area (Å²) in [5.41, 5.74) is 8.56. The van der Waals surface area contributed by atoms with Crippen molar-refractivity contribution in [2.45, 2.75) is 13.3 Å². The molecule has 0 aliphatic carbocycles. The Kier molecular flexibility index (Phi) is 4.25. The minimum absolute atomic E-state index is 0.274. The molecule has 0 fully saturated rings. The first-order valence-electron chi connectivity index (χ1n) is 6.48. The second-order valence-electron chi connectivity index (χ2n) is 4.43. The minimum atomic E-state index is -0.274. The summed E-state index contributed by atoms with van der Waals surface area (Å²) in [6.45, 7) is 2.09. The maximum atomic E-state index is 12.3. The molecule has 4 nitrogen and oxygen atoms in total. The molecule has 0 saturated carbocycles. The number of rotatable bonds is 4. The average Bonchev–Trinajstić information content (AvgIpc) is 2.47. The van der Waals surface area contributed by atoms with E-state index >= 15 is 0 Å². The molecule has 2 rings (SSSR count). The first-order valence-corrected chi connectivity index (χ1v) is 6.48. The van der Waals surface area contributed by atoms with Crippen LogP contribution in [0.5, 0.6) is 5.75 Å². The molecule has 4 heteroatoms. The van der Waals surface area contributed by atoms with Crippen LogP contribution < -0.4 is 15.8 Å². The van der Waals surface area contributed by atoms with Crippen molar-refractivity contribution in [3.63, 3.8) is 0 Å². The first-order chi connectivity index (χ1) is 9.65. The third kappa shape index (κ3) is 2.91. The highest BCUT2D eigenvalue weighted by Gasteiger charge is 2.15. The van der Waals surface area contributed by atoms with Crippen LogP contribution in [0.3, 0.4) is 0 Å². The zero-order valence-corrected chi connectivity index (χ0v) is 11.6. The molecule has 0 bridgehead atoms. The van der Waals surface area contributed by atoms with Crippen LogP contribution in [0, 0.1) is 0 Å². The minimum Gasteiger partial charge on any atom is -0.496 e. The molecule has 0 aliphatic rings.